The molecule has 0 saturated carbocycles. The summed E-state index contributed by atoms with van der Waals surface area (Å²) in [7, 11) is -1.70. The molecule has 0 radical (unpaired) electrons. The average Bonchev–Trinajstić information content (AvgIpc) is 3.29. The van der Waals surface area contributed by atoms with E-state index in [1.165, 1.54) is 0 Å². The average molecular weight is 416 g/mol. The fourth-order valence-corrected chi connectivity index (χ4v) is 6.10. The second-order valence-electron chi connectivity index (χ2n) is 7.96. The molecule has 0 spiro atoms. The number of ether oxygens (including phenoxy) is 1. The van der Waals surface area contributed by atoms with Gasteiger partial charge in [-0.15, -0.1) is 0 Å². The Balaban J connectivity index is 1.58. The molecule has 2 fully saturated rings. The second kappa shape index (κ2) is 8.42. The standard InChI is InChI=1S/C22H29N3O3S/c1-17-14-20(18-7-9-21(28-2)10-8-18)15-22(23-17)19-6-5-13-25(16-19)29(26,27)24-11-3-4-12-24/h7-10,14-15,19H,3-6,11-13,16H2,1-2H3/t19-/m0/s1. The van der Waals surface area contributed by atoms with Crippen molar-refractivity contribution in [2.75, 3.05) is 33.3 Å². The third-order valence-electron chi connectivity index (χ3n) is 5.92. The van der Waals surface area contributed by atoms with E-state index >= 15 is 0 Å². The van der Waals surface area contributed by atoms with E-state index in [0.29, 0.717) is 26.2 Å². The first kappa shape index (κ1) is 20.3. The molecule has 1 aromatic heterocycles. The van der Waals surface area contributed by atoms with Gasteiger partial charge in [-0.05, 0) is 68.0 Å². The number of nitrogens with zero attached hydrogens (tertiary/aromatic N) is 3. The summed E-state index contributed by atoms with van der Waals surface area (Å²) >= 11 is 0. The Kier molecular flexibility index (Phi) is 5.90. The van der Waals surface area contributed by atoms with Gasteiger partial charge in [0.05, 0.1) is 7.11 Å². The molecule has 3 heterocycles. The molecule has 6 nitrogen and oxygen atoms in total. The van der Waals surface area contributed by atoms with Crippen LogP contribution in [0.2, 0.25) is 0 Å². The SMILES string of the molecule is COc1ccc(-c2cc(C)nc([C@H]3CCCN(S(=O)(=O)N4CCCC4)C3)c2)cc1. The molecule has 2 aliphatic rings. The highest BCUT2D eigenvalue weighted by molar-refractivity contribution is 7.86. The van der Waals surface area contributed by atoms with Crippen LogP contribution in [-0.4, -0.2) is 55.3 Å². The van der Waals surface area contributed by atoms with E-state index in [1.807, 2.05) is 31.2 Å². The number of hydrogen-bond acceptors (Lipinski definition) is 4. The van der Waals surface area contributed by atoms with Crippen LogP contribution in [0.25, 0.3) is 11.1 Å². The van der Waals surface area contributed by atoms with E-state index in [0.717, 1.165) is 53.9 Å². The Morgan fingerprint density at radius 1 is 0.966 bits per heavy atom. The van der Waals surface area contributed by atoms with Crippen molar-refractivity contribution in [3.05, 3.63) is 47.8 Å². The highest BCUT2D eigenvalue weighted by Gasteiger charge is 2.35. The first-order valence-corrected chi connectivity index (χ1v) is 11.8. The smallest absolute Gasteiger partial charge is 0.281 e. The van der Waals surface area contributed by atoms with Gasteiger partial charge < -0.3 is 4.74 Å². The maximum Gasteiger partial charge on any atom is 0.281 e. The van der Waals surface area contributed by atoms with Crippen LogP contribution in [0.5, 0.6) is 5.75 Å². The van der Waals surface area contributed by atoms with Gasteiger partial charge >= 0.3 is 0 Å². The molecule has 0 unspecified atom stereocenters. The minimum Gasteiger partial charge on any atom is -0.497 e. The van der Waals surface area contributed by atoms with Crippen LogP contribution >= 0.6 is 0 Å². The van der Waals surface area contributed by atoms with Crippen molar-refractivity contribution in [3.63, 3.8) is 0 Å². The first-order valence-electron chi connectivity index (χ1n) is 10.4. The lowest BCUT2D eigenvalue weighted by molar-refractivity contribution is 0.290. The molecule has 7 heteroatoms. The van der Waals surface area contributed by atoms with E-state index in [2.05, 4.69) is 12.1 Å². The Labute approximate surface area is 173 Å². The number of hydrogen-bond donors (Lipinski definition) is 0. The maximum absolute atomic E-state index is 13.0. The lowest BCUT2D eigenvalue weighted by Gasteiger charge is -2.34. The Morgan fingerprint density at radius 3 is 2.34 bits per heavy atom. The quantitative estimate of drug-likeness (QED) is 0.749. The van der Waals surface area contributed by atoms with Crippen LogP contribution < -0.4 is 4.74 Å². The minimum atomic E-state index is -3.36. The van der Waals surface area contributed by atoms with Crippen molar-refractivity contribution in [1.82, 2.24) is 13.6 Å². The Morgan fingerprint density at radius 2 is 1.66 bits per heavy atom. The third kappa shape index (κ3) is 4.32. The molecule has 2 aromatic rings. The second-order valence-corrected chi connectivity index (χ2v) is 9.89. The normalized spacial score (nSPS) is 21.4. The van der Waals surface area contributed by atoms with Gasteiger partial charge in [0.2, 0.25) is 0 Å². The van der Waals surface area contributed by atoms with Crippen LogP contribution in [0.1, 0.15) is 43.0 Å². The van der Waals surface area contributed by atoms with Crippen molar-refractivity contribution in [2.24, 2.45) is 0 Å². The minimum absolute atomic E-state index is 0.123. The molecular weight excluding hydrogens is 386 g/mol. The number of aryl methyl sites for hydroxylation is 1. The molecule has 156 valence electrons. The van der Waals surface area contributed by atoms with E-state index in [9.17, 15) is 8.42 Å². The molecule has 4 rings (SSSR count). The van der Waals surface area contributed by atoms with Gasteiger partial charge in [-0.3, -0.25) is 4.98 Å². The lowest BCUT2D eigenvalue weighted by atomic mass is 9.93. The van der Waals surface area contributed by atoms with Gasteiger partial charge in [-0.1, -0.05) is 12.1 Å². The number of piperidine rings is 1. The van der Waals surface area contributed by atoms with Crippen molar-refractivity contribution in [3.8, 4) is 16.9 Å². The predicted molar refractivity (Wildman–Crippen MR) is 114 cm³/mol. The summed E-state index contributed by atoms with van der Waals surface area (Å²) in [5.41, 5.74) is 4.15. The van der Waals surface area contributed by atoms with Crippen molar-refractivity contribution in [2.45, 2.75) is 38.5 Å². The van der Waals surface area contributed by atoms with Crippen LogP contribution in [-0.2, 0) is 10.2 Å². The van der Waals surface area contributed by atoms with E-state index in [4.69, 9.17) is 9.72 Å². The van der Waals surface area contributed by atoms with Crippen LogP contribution in [0, 0.1) is 6.92 Å². The molecule has 2 saturated heterocycles. The molecule has 1 aromatic carbocycles. The predicted octanol–water partition coefficient (Wildman–Crippen LogP) is 3.59. The third-order valence-corrected chi connectivity index (χ3v) is 7.92. The summed E-state index contributed by atoms with van der Waals surface area (Å²) in [5.74, 6) is 0.952. The summed E-state index contributed by atoms with van der Waals surface area (Å²) in [6, 6.07) is 12.2. The van der Waals surface area contributed by atoms with Gasteiger partial charge in [-0.2, -0.15) is 17.0 Å². The Bertz CT molecular complexity index is 954. The first-order chi connectivity index (χ1) is 14.0. The number of benzene rings is 1. The van der Waals surface area contributed by atoms with E-state index in [-0.39, 0.29) is 5.92 Å². The largest absolute Gasteiger partial charge is 0.497 e. The maximum atomic E-state index is 13.0. The molecule has 0 N–H and O–H groups in total. The Hall–Kier alpha value is -1.96. The van der Waals surface area contributed by atoms with Crippen LogP contribution in [0.3, 0.4) is 0 Å². The van der Waals surface area contributed by atoms with Gasteiger partial charge in [0, 0.05) is 43.5 Å². The molecule has 0 bridgehead atoms. The van der Waals surface area contributed by atoms with Gasteiger partial charge in [0.15, 0.2) is 0 Å². The van der Waals surface area contributed by atoms with Crippen molar-refractivity contribution in [1.29, 1.82) is 0 Å². The topological polar surface area (TPSA) is 62.7 Å². The van der Waals surface area contributed by atoms with Gasteiger partial charge in [0.25, 0.3) is 10.2 Å². The molecular formula is C22H29N3O3S. The summed E-state index contributed by atoms with van der Waals surface area (Å²) in [5, 5.41) is 0. The van der Waals surface area contributed by atoms with Crippen molar-refractivity contribution < 1.29 is 13.2 Å². The molecule has 29 heavy (non-hydrogen) atoms. The highest BCUT2D eigenvalue weighted by atomic mass is 32.2. The summed E-state index contributed by atoms with van der Waals surface area (Å²) in [6.45, 7) is 4.41. The van der Waals surface area contributed by atoms with Crippen LogP contribution in [0.4, 0.5) is 0 Å². The molecule has 2 aliphatic heterocycles. The number of aromatic nitrogens is 1. The van der Waals surface area contributed by atoms with Crippen LogP contribution in [0.15, 0.2) is 36.4 Å². The number of pyridine rings is 1. The van der Waals surface area contributed by atoms with E-state index in [1.54, 1.807) is 15.7 Å². The monoisotopic (exact) mass is 415 g/mol. The van der Waals surface area contributed by atoms with Crippen molar-refractivity contribution >= 4 is 10.2 Å². The summed E-state index contributed by atoms with van der Waals surface area (Å²) < 4.78 is 34.6. The number of methoxy groups -OCH3 is 1. The highest BCUT2D eigenvalue weighted by Crippen LogP contribution is 2.32. The van der Waals surface area contributed by atoms with Gasteiger partial charge in [0.1, 0.15) is 5.75 Å². The molecule has 0 amide bonds. The molecule has 1 atom stereocenters. The summed E-state index contributed by atoms with van der Waals surface area (Å²) in [4.78, 5) is 4.77. The van der Waals surface area contributed by atoms with Gasteiger partial charge in [-0.25, -0.2) is 0 Å². The zero-order valence-corrected chi connectivity index (χ0v) is 18.0. The summed E-state index contributed by atoms with van der Waals surface area (Å²) in [6.07, 6.45) is 3.75. The number of rotatable bonds is 5. The fourth-order valence-electron chi connectivity index (χ4n) is 4.33. The zero-order valence-electron chi connectivity index (χ0n) is 17.2. The lowest BCUT2D eigenvalue weighted by Crippen LogP contribution is -2.46. The fraction of sp³-hybridized carbons (Fsp3) is 0.500. The van der Waals surface area contributed by atoms with E-state index < -0.39 is 10.2 Å². The molecule has 0 aliphatic carbocycles. The zero-order chi connectivity index (χ0) is 20.4.